The van der Waals surface area contributed by atoms with Crippen LogP contribution in [-0.2, 0) is 0 Å². The first-order valence-corrected chi connectivity index (χ1v) is 5.32. The minimum Gasteiger partial charge on any atom is -0.371 e. The summed E-state index contributed by atoms with van der Waals surface area (Å²) in [5.41, 5.74) is 1.64. The number of nitrogens with zero attached hydrogens (tertiary/aromatic N) is 3. The number of rotatable bonds is 4. The molecule has 1 aromatic rings. The van der Waals surface area contributed by atoms with Crippen molar-refractivity contribution >= 4 is 5.69 Å². The van der Waals surface area contributed by atoms with Crippen molar-refractivity contribution in [3.63, 3.8) is 0 Å². The third-order valence-corrected chi connectivity index (χ3v) is 2.73. The van der Waals surface area contributed by atoms with E-state index in [1.165, 1.54) is 0 Å². The molecule has 0 aromatic heterocycles. The van der Waals surface area contributed by atoms with Crippen molar-refractivity contribution in [2.45, 2.75) is 25.8 Å². The predicted octanol–water partition coefficient (Wildman–Crippen LogP) is 2.69. The predicted molar refractivity (Wildman–Crippen MR) is 63.9 cm³/mol. The van der Waals surface area contributed by atoms with Gasteiger partial charge in [0.05, 0.1) is 24.1 Å². The van der Waals surface area contributed by atoms with Crippen LogP contribution >= 0.6 is 0 Å². The van der Waals surface area contributed by atoms with Gasteiger partial charge in [-0.15, -0.1) is 0 Å². The maximum Gasteiger partial charge on any atom is 0.0992 e. The van der Waals surface area contributed by atoms with Crippen LogP contribution in [0, 0.1) is 22.7 Å². The summed E-state index contributed by atoms with van der Waals surface area (Å²) in [4.78, 5) is 2.06. The van der Waals surface area contributed by atoms with Gasteiger partial charge in [0.1, 0.15) is 0 Å². The molecule has 0 spiro atoms. The van der Waals surface area contributed by atoms with Crippen molar-refractivity contribution in [2.24, 2.45) is 0 Å². The number of benzene rings is 1. The van der Waals surface area contributed by atoms with Gasteiger partial charge in [0.2, 0.25) is 0 Å². The summed E-state index contributed by atoms with van der Waals surface area (Å²) < 4.78 is 0. The Labute approximate surface area is 96.5 Å². The molecule has 0 fully saturated rings. The molecule has 0 bridgehead atoms. The fourth-order valence-corrected chi connectivity index (χ4v) is 1.67. The minimum absolute atomic E-state index is 0.207. The maximum atomic E-state index is 8.82. The molecule has 0 aliphatic rings. The van der Waals surface area contributed by atoms with Crippen LogP contribution in [0.2, 0.25) is 0 Å². The summed E-state index contributed by atoms with van der Waals surface area (Å²) in [6, 6.07) is 12.0. The fourth-order valence-electron chi connectivity index (χ4n) is 1.67. The summed E-state index contributed by atoms with van der Waals surface area (Å²) in [7, 11) is 1.96. The van der Waals surface area contributed by atoms with E-state index in [2.05, 4.69) is 24.0 Å². The summed E-state index contributed by atoms with van der Waals surface area (Å²) >= 11 is 0. The first kappa shape index (κ1) is 12.1. The molecule has 3 nitrogen and oxygen atoms in total. The Kier molecular flexibility index (Phi) is 4.36. The Hall–Kier alpha value is -2.00. The molecule has 0 heterocycles. The maximum absolute atomic E-state index is 8.82. The van der Waals surface area contributed by atoms with E-state index < -0.39 is 0 Å². The van der Waals surface area contributed by atoms with Gasteiger partial charge >= 0.3 is 0 Å². The van der Waals surface area contributed by atoms with Gasteiger partial charge in [-0.3, -0.25) is 0 Å². The minimum atomic E-state index is 0.207. The van der Waals surface area contributed by atoms with E-state index in [-0.39, 0.29) is 6.04 Å². The molecule has 0 amide bonds. The van der Waals surface area contributed by atoms with Crippen molar-refractivity contribution in [1.29, 1.82) is 10.5 Å². The molecule has 0 saturated heterocycles. The van der Waals surface area contributed by atoms with Crippen LogP contribution in [0.1, 0.15) is 25.3 Å². The van der Waals surface area contributed by atoms with Crippen molar-refractivity contribution in [3.8, 4) is 12.1 Å². The highest BCUT2D eigenvalue weighted by Crippen LogP contribution is 2.19. The van der Waals surface area contributed by atoms with Gasteiger partial charge in [0.15, 0.2) is 0 Å². The van der Waals surface area contributed by atoms with Crippen molar-refractivity contribution in [1.82, 2.24) is 0 Å². The average Bonchev–Trinajstić information content (AvgIpc) is 2.35. The molecular weight excluding hydrogens is 198 g/mol. The van der Waals surface area contributed by atoms with Crippen LogP contribution in [0.3, 0.4) is 0 Å². The van der Waals surface area contributed by atoms with Gasteiger partial charge < -0.3 is 4.90 Å². The molecule has 82 valence electrons. The highest BCUT2D eigenvalue weighted by Gasteiger charge is 2.12. The molecule has 1 rings (SSSR count). The molecule has 0 radical (unpaired) electrons. The summed E-state index contributed by atoms with van der Waals surface area (Å²) in [5, 5.41) is 17.6. The average molecular weight is 213 g/mol. The number of nitriles is 2. The molecule has 0 saturated carbocycles. The third-order valence-electron chi connectivity index (χ3n) is 2.73. The zero-order valence-corrected chi connectivity index (χ0v) is 9.64. The molecule has 0 N–H and O–H groups in total. The van der Waals surface area contributed by atoms with Crippen LogP contribution < -0.4 is 4.90 Å². The third kappa shape index (κ3) is 2.74. The lowest BCUT2D eigenvalue weighted by Crippen LogP contribution is -2.30. The Balaban J connectivity index is 2.91. The van der Waals surface area contributed by atoms with E-state index in [1.807, 2.05) is 25.2 Å². The van der Waals surface area contributed by atoms with E-state index in [9.17, 15) is 0 Å². The fraction of sp³-hybridized carbons (Fsp3) is 0.385. The summed E-state index contributed by atoms with van der Waals surface area (Å²) in [5.74, 6) is 0. The zero-order chi connectivity index (χ0) is 12.0. The largest absolute Gasteiger partial charge is 0.371 e. The molecule has 0 aliphatic carbocycles. The second kappa shape index (κ2) is 5.78. The summed E-state index contributed by atoms with van der Waals surface area (Å²) in [6.45, 7) is 2.06. The standard InChI is InChI=1S/C13H15N3/c1-3-12(7-8-14)16(2)13-6-4-5-11(9-13)10-15/h4-6,9,12H,3,7H2,1-2H3. The lowest BCUT2D eigenvalue weighted by molar-refractivity contribution is 0.622. The Bertz CT molecular complexity index is 426. The van der Waals surface area contributed by atoms with E-state index in [1.54, 1.807) is 6.07 Å². The normalized spacial score (nSPS) is 11.2. The SMILES string of the molecule is CCC(CC#N)N(C)c1cccc(C#N)c1. The second-order valence-corrected chi connectivity index (χ2v) is 3.70. The lowest BCUT2D eigenvalue weighted by Gasteiger charge is -2.27. The van der Waals surface area contributed by atoms with Crippen LogP contribution in [0.25, 0.3) is 0 Å². The molecule has 16 heavy (non-hydrogen) atoms. The van der Waals surface area contributed by atoms with E-state index in [0.717, 1.165) is 12.1 Å². The van der Waals surface area contributed by atoms with Crippen molar-refractivity contribution < 1.29 is 0 Å². The zero-order valence-electron chi connectivity index (χ0n) is 9.64. The van der Waals surface area contributed by atoms with E-state index >= 15 is 0 Å². The van der Waals surface area contributed by atoms with E-state index in [0.29, 0.717) is 12.0 Å². The topological polar surface area (TPSA) is 50.8 Å². The molecule has 1 unspecified atom stereocenters. The Morgan fingerprint density at radius 1 is 1.38 bits per heavy atom. The van der Waals surface area contributed by atoms with Gasteiger partial charge in [-0.2, -0.15) is 10.5 Å². The first-order chi connectivity index (χ1) is 7.72. The lowest BCUT2D eigenvalue weighted by atomic mass is 10.1. The molecule has 1 atom stereocenters. The highest BCUT2D eigenvalue weighted by molar-refractivity contribution is 5.51. The highest BCUT2D eigenvalue weighted by atomic mass is 15.1. The molecule has 3 heteroatoms. The Morgan fingerprint density at radius 3 is 2.69 bits per heavy atom. The van der Waals surface area contributed by atoms with E-state index in [4.69, 9.17) is 10.5 Å². The quantitative estimate of drug-likeness (QED) is 0.772. The van der Waals surface area contributed by atoms with Crippen LogP contribution in [0.4, 0.5) is 5.69 Å². The van der Waals surface area contributed by atoms with Gasteiger partial charge in [0, 0.05) is 18.8 Å². The van der Waals surface area contributed by atoms with Gasteiger partial charge in [0.25, 0.3) is 0 Å². The first-order valence-electron chi connectivity index (χ1n) is 5.32. The second-order valence-electron chi connectivity index (χ2n) is 3.70. The smallest absolute Gasteiger partial charge is 0.0992 e. The monoisotopic (exact) mass is 213 g/mol. The number of hydrogen-bond donors (Lipinski definition) is 0. The van der Waals surface area contributed by atoms with Crippen LogP contribution in [0.5, 0.6) is 0 Å². The van der Waals surface area contributed by atoms with Gasteiger partial charge in [-0.25, -0.2) is 0 Å². The number of anilines is 1. The van der Waals surface area contributed by atoms with Crippen LogP contribution in [-0.4, -0.2) is 13.1 Å². The summed E-state index contributed by atoms with van der Waals surface area (Å²) in [6.07, 6.45) is 1.42. The van der Waals surface area contributed by atoms with Crippen LogP contribution in [0.15, 0.2) is 24.3 Å². The number of hydrogen-bond acceptors (Lipinski definition) is 3. The van der Waals surface area contributed by atoms with Crippen molar-refractivity contribution in [3.05, 3.63) is 29.8 Å². The van der Waals surface area contributed by atoms with Gasteiger partial charge in [-0.05, 0) is 24.6 Å². The molecule has 1 aromatic carbocycles. The molecule has 0 aliphatic heterocycles. The van der Waals surface area contributed by atoms with Gasteiger partial charge in [-0.1, -0.05) is 13.0 Å². The van der Waals surface area contributed by atoms with Crippen molar-refractivity contribution in [2.75, 3.05) is 11.9 Å². The molecular formula is C13H15N3. The Morgan fingerprint density at radius 2 is 2.12 bits per heavy atom.